The molecule has 186 valence electrons. The number of hydrogen-bond acceptors (Lipinski definition) is 6. The molecule has 1 saturated carbocycles. The van der Waals surface area contributed by atoms with Crippen molar-refractivity contribution >= 4 is 34.3 Å². The molecule has 35 heavy (non-hydrogen) atoms. The number of anilines is 1. The number of nitrogens with zero attached hydrogens (tertiary/aromatic N) is 5. The van der Waals surface area contributed by atoms with Gasteiger partial charge in [-0.05, 0) is 51.0 Å². The number of carboxylic acids is 1. The first-order valence-corrected chi connectivity index (χ1v) is 12.9. The standard InChI is InChI=1S/C26H32ClN5O3/c1-4-19-23(26(33)34)29-25-21(24(19)31-10-8-16(9-11-31)14-35-3)22(17-6-5-7-17)30-32(25)18-12-15(2)28-20(27)13-18/h12-13,16-17H,4-11,14H2,1-3H3,(H,33,34). The quantitative estimate of drug-likeness (QED) is 0.450. The highest BCUT2D eigenvalue weighted by atomic mass is 35.5. The van der Waals surface area contributed by atoms with Crippen molar-refractivity contribution in [1.29, 1.82) is 0 Å². The second kappa shape index (κ2) is 9.74. The van der Waals surface area contributed by atoms with Crippen molar-refractivity contribution in [3.63, 3.8) is 0 Å². The van der Waals surface area contributed by atoms with Gasteiger partial charge in [-0.15, -0.1) is 0 Å². The van der Waals surface area contributed by atoms with Crippen LogP contribution in [0, 0.1) is 12.8 Å². The Labute approximate surface area is 210 Å². The van der Waals surface area contributed by atoms with E-state index in [0.29, 0.717) is 29.1 Å². The Balaban J connectivity index is 1.77. The summed E-state index contributed by atoms with van der Waals surface area (Å²) < 4.78 is 7.17. The molecule has 9 heteroatoms. The molecule has 0 atom stereocenters. The van der Waals surface area contributed by atoms with Gasteiger partial charge < -0.3 is 14.7 Å². The van der Waals surface area contributed by atoms with E-state index in [-0.39, 0.29) is 5.69 Å². The SMILES string of the molecule is CCc1c(C(=O)O)nc2c(c(C3CCC3)nn2-c2cc(C)nc(Cl)c2)c1N1CCC(COC)CC1. The second-order valence-corrected chi connectivity index (χ2v) is 10.1. The molecule has 1 aliphatic heterocycles. The molecule has 1 aliphatic carbocycles. The zero-order valence-electron chi connectivity index (χ0n) is 20.6. The highest BCUT2D eigenvalue weighted by molar-refractivity contribution is 6.29. The van der Waals surface area contributed by atoms with Gasteiger partial charge in [0, 0.05) is 50.0 Å². The Bertz CT molecular complexity index is 1240. The fourth-order valence-corrected chi connectivity index (χ4v) is 5.74. The summed E-state index contributed by atoms with van der Waals surface area (Å²) in [7, 11) is 1.75. The van der Waals surface area contributed by atoms with E-state index in [0.717, 1.165) is 79.1 Å². The van der Waals surface area contributed by atoms with Gasteiger partial charge in [0.15, 0.2) is 11.3 Å². The summed E-state index contributed by atoms with van der Waals surface area (Å²) in [5.74, 6) is -0.140. The van der Waals surface area contributed by atoms with E-state index in [1.165, 1.54) is 6.42 Å². The summed E-state index contributed by atoms with van der Waals surface area (Å²) >= 11 is 6.30. The fourth-order valence-electron chi connectivity index (χ4n) is 5.49. The third-order valence-electron chi connectivity index (χ3n) is 7.45. The number of methoxy groups -OCH3 is 1. The average molecular weight is 498 g/mol. The molecule has 5 rings (SSSR count). The molecular formula is C26H32ClN5O3. The number of aromatic nitrogens is 4. The number of aryl methyl sites for hydroxylation is 1. The average Bonchev–Trinajstić information content (AvgIpc) is 3.15. The minimum Gasteiger partial charge on any atom is -0.476 e. The van der Waals surface area contributed by atoms with Crippen molar-refractivity contribution in [1.82, 2.24) is 19.7 Å². The first kappa shape index (κ1) is 24.0. The number of fused-ring (bicyclic) bond motifs is 1. The van der Waals surface area contributed by atoms with Gasteiger partial charge >= 0.3 is 5.97 Å². The van der Waals surface area contributed by atoms with Crippen LogP contribution in [0.2, 0.25) is 5.15 Å². The van der Waals surface area contributed by atoms with E-state index in [2.05, 4.69) is 9.88 Å². The summed E-state index contributed by atoms with van der Waals surface area (Å²) in [6.45, 7) is 6.36. The Morgan fingerprint density at radius 1 is 1.20 bits per heavy atom. The van der Waals surface area contributed by atoms with Gasteiger partial charge in [-0.3, -0.25) is 0 Å². The third-order valence-corrected chi connectivity index (χ3v) is 7.64. The van der Waals surface area contributed by atoms with Gasteiger partial charge in [-0.1, -0.05) is 24.9 Å². The zero-order valence-corrected chi connectivity index (χ0v) is 21.3. The third kappa shape index (κ3) is 4.38. The number of piperidine rings is 1. The minimum atomic E-state index is -1.01. The number of ether oxygens (including phenoxy) is 1. The monoisotopic (exact) mass is 497 g/mol. The van der Waals surface area contributed by atoms with Gasteiger partial charge in [0.2, 0.25) is 0 Å². The van der Waals surface area contributed by atoms with E-state index in [1.54, 1.807) is 17.9 Å². The number of halogens is 1. The topological polar surface area (TPSA) is 93.4 Å². The zero-order chi connectivity index (χ0) is 24.7. The van der Waals surface area contributed by atoms with Gasteiger partial charge in [-0.25, -0.2) is 19.4 Å². The molecule has 4 heterocycles. The van der Waals surface area contributed by atoms with Crippen LogP contribution in [0.25, 0.3) is 16.7 Å². The van der Waals surface area contributed by atoms with Crippen molar-refractivity contribution < 1.29 is 14.6 Å². The lowest BCUT2D eigenvalue weighted by atomic mass is 9.81. The van der Waals surface area contributed by atoms with E-state index in [4.69, 9.17) is 26.4 Å². The van der Waals surface area contributed by atoms with Crippen molar-refractivity contribution in [2.75, 3.05) is 31.7 Å². The number of carboxylic acid groups (broad SMARTS) is 1. The molecule has 0 bridgehead atoms. The lowest BCUT2D eigenvalue weighted by molar-refractivity contribution is 0.0689. The minimum absolute atomic E-state index is 0.104. The molecule has 2 aliphatic rings. The van der Waals surface area contributed by atoms with Crippen molar-refractivity contribution in [2.45, 2.75) is 58.3 Å². The summed E-state index contributed by atoms with van der Waals surface area (Å²) in [5.41, 5.74) is 5.01. The van der Waals surface area contributed by atoms with Crippen LogP contribution in [0.15, 0.2) is 12.1 Å². The Morgan fingerprint density at radius 3 is 2.51 bits per heavy atom. The smallest absolute Gasteiger partial charge is 0.354 e. The molecule has 3 aromatic heterocycles. The van der Waals surface area contributed by atoms with Gasteiger partial charge in [0.25, 0.3) is 0 Å². The molecule has 1 N–H and O–H groups in total. The molecule has 0 amide bonds. The number of carbonyl (C=O) groups is 1. The van der Waals surface area contributed by atoms with Crippen LogP contribution in [0.5, 0.6) is 0 Å². The summed E-state index contributed by atoms with van der Waals surface area (Å²) in [6, 6.07) is 3.67. The molecule has 2 fully saturated rings. The maximum absolute atomic E-state index is 12.4. The molecule has 0 radical (unpaired) electrons. The number of hydrogen-bond donors (Lipinski definition) is 1. The number of aromatic carboxylic acids is 1. The van der Waals surface area contributed by atoms with Crippen LogP contribution in [-0.4, -0.2) is 57.6 Å². The van der Waals surface area contributed by atoms with Crippen LogP contribution in [0.1, 0.15) is 72.4 Å². The Kier molecular flexibility index (Phi) is 6.68. The molecule has 8 nitrogen and oxygen atoms in total. The predicted molar refractivity (Wildman–Crippen MR) is 136 cm³/mol. The molecular weight excluding hydrogens is 466 g/mol. The maximum atomic E-state index is 12.4. The molecule has 3 aromatic rings. The highest BCUT2D eigenvalue weighted by Gasteiger charge is 2.33. The van der Waals surface area contributed by atoms with Gasteiger partial charge in [-0.2, -0.15) is 5.10 Å². The van der Waals surface area contributed by atoms with Crippen LogP contribution < -0.4 is 4.90 Å². The molecule has 0 unspecified atom stereocenters. The normalized spacial score (nSPS) is 17.2. The van der Waals surface area contributed by atoms with E-state index >= 15 is 0 Å². The van der Waals surface area contributed by atoms with Gasteiger partial charge in [0.05, 0.1) is 22.5 Å². The molecule has 0 spiro atoms. The number of rotatable bonds is 7. The van der Waals surface area contributed by atoms with Crippen molar-refractivity contribution in [3.8, 4) is 5.69 Å². The lowest BCUT2D eigenvalue weighted by Gasteiger charge is -2.35. The largest absolute Gasteiger partial charge is 0.476 e. The van der Waals surface area contributed by atoms with E-state index < -0.39 is 5.97 Å². The van der Waals surface area contributed by atoms with Gasteiger partial charge in [0.1, 0.15) is 5.15 Å². The first-order chi connectivity index (χ1) is 16.9. The Morgan fingerprint density at radius 2 is 1.94 bits per heavy atom. The fraction of sp³-hybridized carbons (Fsp3) is 0.538. The van der Waals surface area contributed by atoms with Crippen molar-refractivity contribution in [3.05, 3.63) is 39.9 Å². The van der Waals surface area contributed by atoms with Crippen molar-refractivity contribution in [2.24, 2.45) is 5.92 Å². The second-order valence-electron chi connectivity index (χ2n) is 9.74. The highest BCUT2D eigenvalue weighted by Crippen LogP contribution is 2.45. The Hall–Kier alpha value is -2.71. The summed E-state index contributed by atoms with van der Waals surface area (Å²) in [4.78, 5) is 23.8. The molecule has 0 aromatic carbocycles. The van der Waals surface area contributed by atoms with Crippen LogP contribution in [-0.2, 0) is 11.2 Å². The lowest BCUT2D eigenvalue weighted by Crippen LogP contribution is -2.36. The summed E-state index contributed by atoms with van der Waals surface area (Å²) in [5, 5.41) is 16.6. The molecule has 1 saturated heterocycles. The van der Waals surface area contributed by atoms with Crippen LogP contribution in [0.3, 0.4) is 0 Å². The van der Waals surface area contributed by atoms with E-state index in [9.17, 15) is 9.90 Å². The van der Waals surface area contributed by atoms with Crippen LogP contribution >= 0.6 is 11.6 Å². The summed E-state index contributed by atoms with van der Waals surface area (Å²) in [6.07, 6.45) is 5.95. The predicted octanol–water partition coefficient (Wildman–Crippen LogP) is 5.17. The number of pyridine rings is 2. The van der Waals surface area contributed by atoms with E-state index in [1.807, 2.05) is 19.9 Å². The maximum Gasteiger partial charge on any atom is 0.354 e. The van der Waals surface area contributed by atoms with Crippen LogP contribution in [0.4, 0.5) is 5.69 Å². The first-order valence-electron chi connectivity index (χ1n) is 12.5.